The van der Waals surface area contributed by atoms with Gasteiger partial charge in [0, 0.05) is 39.9 Å². The lowest BCUT2D eigenvalue weighted by Crippen LogP contribution is -2.15. The number of methoxy groups -OCH3 is 2. The molecule has 1 aliphatic carbocycles. The van der Waals surface area contributed by atoms with Gasteiger partial charge in [-0.05, 0) is 68.8 Å². The van der Waals surface area contributed by atoms with Crippen LogP contribution in [-0.4, -0.2) is 120 Å². The molecule has 14 nitrogen and oxygen atoms in total. The molecule has 0 fully saturated rings. The van der Waals surface area contributed by atoms with Gasteiger partial charge in [-0.3, -0.25) is 0 Å². The first-order valence-electron chi connectivity index (χ1n) is 24.8. The van der Waals surface area contributed by atoms with E-state index in [-0.39, 0.29) is 0 Å². The van der Waals surface area contributed by atoms with E-state index >= 15 is 0 Å². The van der Waals surface area contributed by atoms with Gasteiger partial charge in [0.2, 0.25) is 0 Å². The Morgan fingerprint density at radius 3 is 1.06 bits per heavy atom. The molecule has 6 aromatic rings. The molecule has 2 aliphatic heterocycles. The predicted molar refractivity (Wildman–Crippen MR) is 274 cm³/mol. The number of hydrogen-bond acceptors (Lipinski definition) is 14. The van der Waals surface area contributed by atoms with E-state index in [1.54, 1.807) is 14.2 Å². The lowest BCUT2D eigenvalue weighted by molar-refractivity contribution is 0.0541. The number of para-hydroxylation sites is 6. The van der Waals surface area contributed by atoms with Crippen molar-refractivity contribution in [3.63, 3.8) is 0 Å². The minimum absolute atomic E-state index is 0.303. The van der Waals surface area contributed by atoms with E-state index in [9.17, 15) is 0 Å². The van der Waals surface area contributed by atoms with Crippen molar-refractivity contribution >= 4 is 11.4 Å². The SMILES string of the molecule is COCCOCCOc1c2cccc1Cc1cccc3c1OCCOCCOc1ccccc1N=Nc1ccccc1OCCOCCOc1c(cccc1Cc1cccc(c1OCCOCCOC)C3)C2. The van der Waals surface area contributed by atoms with Crippen LogP contribution in [0.25, 0.3) is 0 Å². The average Bonchev–Trinajstić information content (AvgIpc) is 3.39. The molecule has 6 aromatic carbocycles. The molecule has 0 N–H and O–H groups in total. The Morgan fingerprint density at radius 1 is 0.347 bits per heavy atom. The molecule has 14 heteroatoms. The summed E-state index contributed by atoms with van der Waals surface area (Å²) in [4.78, 5) is 0. The number of benzene rings is 6. The Bertz CT molecular complexity index is 2380. The van der Waals surface area contributed by atoms with Crippen LogP contribution in [0, 0.1) is 0 Å². The van der Waals surface area contributed by atoms with Crippen LogP contribution in [0.5, 0.6) is 34.5 Å². The van der Waals surface area contributed by atoms with E-state index in [1.807, 2.05) is 48.5 Å². The fraction of sp³-hybridized carbons (Fsp3) is 0.379. The average molecular weight is 983 g/mol. The molecular formula is C58H66N2O12. The van der Waals surface area contributed by atoms with Crippen molar-refractivity contribution in [2.75, 3.05) is 120 Å². The quantitative estimate of drug-likeness (QED) is 0.0758. The van der Waals surface area contributed by atoms with Crippen molar-refractivity contribution in [2.45, 2.75) is 25.7 Å². The van der Waals surface area contributed by atoms with Crippen molar-refractivity contribution in [3.05, 3.63) is 166 Å². The van der Waals surface area contributed by atoms with Gasteiger partial charge in [-0.1, -0.05) is 97.1 Å². The van der Waals surface area contributed by atoms with Gasteiger partial charge in [0.1, 0.15) is 85.5 Å². The maximum absolute atomic E-state index is 6.81. The van der Waals surface area contributed by atoms with Gasteiger partial charge >= 0.3 is 0 Å². The summed E-state index contributed by atoms with van der Waals surface area (Å²) in [5.41, 5.74) is 9.31. The first-order chi connectivity index (χ1) is 35.7. The monoisotopic (exact) mass is 982 g/mol. The van der Waals surface area contributed by atoms with Crippen molar-refractivity contribution in [3.8, 4) is 34.5 Å². The van der Waals surface area contributed by atoms with Gasteiger partial charge < -0.3 is 56.8 Å². The molecule has 0 amide bonds. The standard InChI is InChI=1S/C58H66N2O12/c1-61-23-25-63-29-35-69-55-43-11-7-12-44(55)40-48-16-10-18-50-42-46-14-8-13-45(56(46)70-36-30-64-26-24-62-2)41-49-17-9-15-47(39-43)57(49)71-37-31-65-27-33-67-53-21-5-3-19-51(53)59-60-52-20-4-6-22-54(52)68-34-28-66-32-38-72-58(48)50/h3-22H,23-42H2,1-2H3. The third-order valence-electron chi connectivity index (χ3n) is 12.0. The topological polar surface area (TPSA) is 135 Å². The second kappa shape index (κ2) is 28.5. The van der Waals surface area contributed by atoms with Gasteiger partial charge in [-0.2, -0.15) is 0 Å². The summed E-state index contributed by atoms with van der Waals surface area (Å²) in [6, 6.07) is 40.5. The molecule has 0 unspecified atom stereocenters. The zero-order valence-electron chi connectivity index (χ0n) is 41.5. The van der Waals surface area contributed by atoms with Crippen molar-refractivity contribution in [1.29, 1.82) is 0 Å². The van der Waals surface area contributed by atoms with E-state index in [0.29, 0.717) is 154 Å². The highest BCUT2D eigenvalue weighted by molar-refractivity contribution is 5.57. The maximum atomic E-state index is 6.81. The number of hydrogen-bond donors (Lipinski definition) is 0. The van der Waals surface area contributed by atoms with E-state index in [1.165, 1.54) is 0 Å². The number of azo groups is 1. The van der Waals surface area contributed by atoms with Gasteiger partial charge in [0.05, 0.1) is 66.1 Å². The lowest BCUT2D eigenvalue weighted by Gasteiger charge is -2.23. The second-order valence-electron chi connectivity index (χ2n) is 17.0. The Kier molecular flexibility index (Phi) is 20.5. The number of nitrogens with zero attached hydrogens (tertiary/aromatic N) is 2. The first kappa shape index (κ1) is 51.8. The molecule has 72 heavy (non-hydrogen) atoms. The van der Waals surface area contributed by atoms with E-state index in [2.05, 4.69) is 83.0 Å². The smallest absolute Gasteiger partial charge is 0.146 e. The van der Waals surface area contributed by atoms with Gasteiger partial charge in [-0.15, -0.1) is 10.2 Å². The molecule has 0 aromatic heterocycles. The third-order valence-corrected chi connectivity index (χ3v) is 12.0. The fourth-order valence-corrected chi connectivity index (χ4v) is 8.58. The normalized spacial score (nSPS) is 14.5. The molecular weight excluding hydrogens is 917 g/mol. The molecule has 2 heterocycles. The third kappa shape index (κ3) is 15.0. The van der Waals surface area contributed by atoms with Gasteiger partial charge in [-0.25, -0.2) is 0 Å². The highest BCUT2D eigenvalue weighted by atomic mass is 16.6. The molecule has 0 saturated heterocycles. The van der Waals surface area contributed by atoms with Crippen LogP contribution in [0.1, 0.15) is 44.5 Å². The maximum Gasteiger partial charge on any atom is 0.146 e. The van der Waals surface area contributed by atoms with E-state index in [0.717, 1.165) is 67.5 Å². The molecule has 10 bridgehead atoms. The van der Waals surface area contributed by atoms with Gasteiger partial charge in [0.25, 0.3) is 0 Å². The molecule has 0 atom stereocenters. The van der Waals surface area contributed by atoms with Crippen molar-refractivity contribution < 1.29 is 56.8 Å². The summed E-state index contributed by atoms with van der Waals surface area (Å²) in [7, 11) is 3.33. The largest absolute Gasteiger partial charge is 0.491 e. The van der Waals surface area contributed by atoms with Crippen LogP contribution < -0.4 is 28.4 Å². The second-order valence-corrected chi connectivity index (χ2v) is 17.0. The summed E-state index contributed by atoms with van der Waals surface area (Å²) in [5.74, 6) is 4.38. The molecule has 3 aliphatic rings. The van der Waals surface area contributed by atoms with Crippen LogP contribution in [0.15, 0.2) is 132 Å². The number of ether oxygens (including phenoxy) is 12. The number of rotatable bonds is 14. The Hall–Kier alpha value is -6.52. The predicted octanol–water partition coefficient (Wildman–Crippen LogP) is 10.1. The summed E-state index contributed by atoms with van der Waals surface area (Å²) >= 11 is 0. The van der Waals surface area contributed by atoms with Crippen LogP contribution in [0.2, 0.25) is 0 Å². The minimum atomic E-state index is 0.303. The molecule has 0 spiro atoms. The summed E-state index contributed by atoms with van der Waals surface area (Å²) in [6.07, 6.45) is 2.17. The molecule has 9 rings (SSSR count). The highest BCUT2D eigenvalue weighted by Gasteiger charge is 2.22. The Labute approximate surface area is 423 Å². The summed E-state index contributed by atoms with van der Waals surface area (Å²) in [6.45, 7) is 6.08. The lowest BCUT2D eigenvalue weighted by atomic mass is 9.91. The van der Waals surface area contributed by atoms with Crippen molar-refractivity contribution in [1.82, 2.24) is 0 Å². The number of fused-ring (bicyclic) bond motifs is 12. The summed E-state index contributed by atoms with van der Waals surface area (Å²) < 4.78 is 73.8. The van der Waals surface area contributed by atoms with Crippen molar-refractivity contribution in [2.24, 2.45) is 10.2 Å². The fourth-order valence-electron chi connectivity index (χ4n) is 8.58. The molecule has 0 radical (unpaired) electrons. The first-order valence-corrected chi connectivity index (χ1v) is 24.8. The molecule has 380 valence electrons. The zero-order valence-corrected chi connectivity index (χ0v) is 41.5. The Balaban J connectivity index is 1.17. The Morgan fingerprint density at radius 2 is 0.681 bits per heavy atom. The van der Waals surface area contributed by atoms with Crippen LogP contribution in [0.3, 0.4) is 0 Å². The van der Waals surface area contributed by atoms with E-state index in [4.69, 9.17) is 56.8 Å². The van der Waals surface area contributed by atoms with E-state index < -0.39 is 0 Å². The highest BCUT2D eigenvalue weighted by Crippen LogP contribution is 2.39. The molecule has 0 saturated carbocycles. The van der Waals surface area contributed by atoms with Crippen LogP contribution >= 0.6 is 0 Å². The minimum Gasteiger partial charge on any atom is -0.491 e. The summed E-state index contributed by atoms with van der Waals surface area (Å²) in [5, 5.41) is 9.08. The zero-order chi connectivity index (χ0) is 49.4. The van der Waals surface area contributed by atoms with Crippen LogP contribution in [-0.2, 0) is 54.1 Å². The van der Waals surface area contributed by atoms with Gasteiger partial charge in [0.15, 0.2) is 0 Å². The van der Waals surface area contributed by atoms with Crippen LogP contribution in [0.4, 0.5) is 11.4 Å².